The van der Waals surface area contributed by atoms with Gasteiger partial charge in [-0.2, -0.15) is 5.10 Å². The number of para-hydroxylation sites is 1. The van der Waals surface area contributed by atoms with Crippen molar-refractivity contribution in [1.82, 2.24) is 20.4 Å². The van der Waals surface area contributed by atoms with Gasteiger partial charge in [-0.05, 0) is 31.2 Å². The number of anilines is 2. The SMILES string of the molecule is Cc1ccc(N2CC3CN(C(=O)C4CNC(=O)N(c5ccccc5)C4=O)CC3C2)nn1. The van der Waals surface area contributed by atoms with Crippen molar-refractivity contribution < 1.29 is 14.4 Å². The van der Waals surface area contributed by atoms with E-state index in [-0.39, 0.29) is 12.5 Å². The number of aromatic nitrogens is 2. The summed E-state index contributed by atoms with van der Waals surface area (Å²) in [4.78, 5) is 43.6. The summed E-state index contributed by atoms with van der Waals surface area (Å²) in [5, 5.41) is 11.1. The number of amides is 4. The molecule has 3 unspecified atom stereocenters. The van der Waals surface area contributed by atoms with Crippen LogP contribution in [0.2, 0.25) is 0 Å². The monoisotopic (exact) mass is 420 g/mol. The molecule has 31 heavy (non-hydrogen) atoms. The molecule has 3 aliphatic rings. The van der Waals surface area contributed by atoms with E-state index in [1.165, 1.54) is 0 Å². The Balaban J connectivity index is 1.25. The topological polar surface area (TPSA) is 98.7 Å². The lowest BCUT2D eigenvalue weighted by Gasteiger charge is -2.33. The normalized spacial score (nSPS) is 25.6. The smallest absolute Gasteiger partial charge is 0.328 e. The third-order valence-electron chi connectivity index (χ3n) is 6.40. The molecular formula is C22H24N6O3. The second-order valence-corrected chi connectivity index (χ2v) is 8.45. The van der Waals surface area contributed by atoms with Crippen molar-refractivity contribution in [2.45, 2.75) is 6.92 Å². The summed E-state index contributed by atoms with van der Waals surface area (Å²) < 4.78 is 0. The van der Waals surface area contributed by atoms with Crippen LogP contribution in [0.25, 0.3) is 0 Å². The van der Waals surface area contributed by atoms with Gasteiger partial charge in [-0.1, -0.05) is 18.2 Å². The second-order valence-electron chi connectivity index (χ2n) is 8.45. The number of carbonyl (C=O) groups is 3. The summed E-state index contributed by atoms with van der Waals surface area (Å²) in [6.45, 7) is 4.81. The van der Waals surface area contributed by atoms with Crippen LogP contribution in [0.15, 0.2) is 42.5 Å². The molecule has 4 heterocycles. The van der Waals surface area contributed by atoms with Gasteiger partial charge in [-0.25, -0.2) is 9.69 Å². The minimum atomic E-state index is -0.893. The van der Waals surface area contributed by atoms with Crippen LogP contribution < -0.4 is 15.1 Å². The van der Waals surface area contributed by atoms with Crippen molar-refractivity contribution in [3.8, 4) is 0 Å². The summed E-state index contributed by atoms with van der Waals surface area (Å²) >= 11 is 0. The lowest BCUT2D eigenvalue weighted by Crippen LogP contribution is -2.59. The van der Waals surface area contributed by atoms with Gasteiger partial charge >= 0.3 is 6.03 Å². The highest BCUT2D eigenvalue weighted by Gasteiger charge is 2.46. The molecule has 3 saturated heterocycles. The zero-order valence-electron chi connectivity index (χ0n) is 17.3. The van der Waals surface area contributed by atoms with E-state index in [2.05, 4.69) is 20.4 Å². The number of fused-ring (bicyclic) bond motifs is 1. The Morgan fingerprint density at radius 1 is 0.968 bits per heavy atom. The molecule has 9 heteroatoms. The largest absolute Gasteiger partial charge is 0.354 e. The third kappa shape index (κ3) is 3.49. The van der Waals surface area contributed by atoms with Crippen LogP contribution >= 0.6 is 0 Å². The van der Waals surface area contributed by atoms with E-state index in [1.54, 1.807) is 29.2 Å². The number of urea groups is 1. The predicted octanol–water partition coefficient (Wildman–Crippen LogP) is 1.05. The van der Waals surface area contributed by atoms with Crippen LogP contribution in [-0.4, -0.2) is 65.7 Å². The molecule has 5 rings (SSSR count). The molecule has 1 aromatic heterocycles. The van der Waals surface area contributed by atoms with Crippen molar-refractivity contribution in [1.29, 1.82) is 0 Å². The van der Waals surface area contributed by atoms with E-state index < -0.39 is 17.9 Å². The van der Waals surface area contributed by atoms with E-state index in [0.717, 1.165) is 29.5 Å². The molecule has 9 nitrogen and oxygen atoms in total. The molecule has 0 bridgehead atoms. The van der Waals surface area contributed by atoms with E-state index >= 15 is 0 Å². The van der Waals surface area contributed by atoms with E-state index in [0.29, 0.717) is 30.6 Å². The second kappa shape index (κ2) is 7.64. The van der Waals surface area contributed by atoms with Crippen LogP contribution in [0, 0.1) is 24.7 Å². The summed E-state index contributed by atoms with van der Waals surface area (Å²) in [6, 6.07) is 12.1. The Morgan fingerprint density at radius 2 is 1.68 bits per heavy atom. The number of rotatable bonds is 3. The van der Waals surface area contributed by atoms with Gasteiger partial charge < -0.3 is 15.1 Å². The molecule has 0 spiro atoms. The molecule has 4 amide bonds. The molecule has 0 saturated carbocycles. The highest BCUT2D eigenvalue weighted by Crippen LogP contribution is 2.34. The number of aryl methyl sites for hydroxylation is 1. The zero-order chi connectivity index (χ0) is 21.5. The molecule has 1 N–H and O–H groups in total. The fourth-order valence-electron chi connectivity index (χ4n) is 4.77. The molecule has 2 aromatic rings. The van der Waals surface area contributed by atoms with Crippen molar-refractivity contribution in [3.63, 3.8) is 0 Å². The maximum Gasteiger partial charge on any atom is 0.328 e. The fourth-order valence-corrected chi connectivity index (χ4v) is 4.77. The number of likely N-dealkylation sites (tertiary alicyclic amines) is 1. The highest BCUT2D eigenvalue weighted by atomic mass is 16.2. The first kappa shape index (κ1) is 19.5. The van der Waals surface area contributed by atoms with Crippen molar-refractivity contribution in [2.24, 2.45) is 17.8 Å². The van der Waals surface area contributed by atoms with Crippen LogP contribution in [0.1, 0.15) is 5.69 Å². The summed E-state index contributed by atoms with van der Waals surface area (Å²) in [6.07, 6.45) is 0. The van der Waals surface area contributed by atoms with E-state index in [4.69, 9.17) is 0 Å². The van der Waals surface area contributed by atoms with Gasteiger partial charge in [0, 0.05) is 44.6 Å². The predicted molar refractivity (Wildman–Crippen MR) is 113 cm³/mol. The standard InChI is InChI=1S/C22H24N6O3/c1-14-7-8-19(25-24-14)26-10-15-12-27(13-16(15)11-26)20(29)18-9-23-22(31)28(21(18)30)17-5-3-2-4-6-17/h2-8,15-16,18H,9-13H2,1H3,(H,23,31). The molecule has 3 fully saturated rings. The average molecular weight is 420 g/mol. The van der Waals surface area contributed by atoms with Crippen molar-refractivity contribution in [3.05, 3.63) is 48.2 Å². The van der Waals surface area contributed by atoms with Gasteiger partial charge in [0.1, 0.15) is 5.92 Å². The number of imide groups is 1. The first-order chi connectivity index (χ1) is 15.0. The van der Waals surface area contributed by atoms with Gasteiger partial charge in [0.2, 0.25) is 11.8 Å². The zero-order valence-corrected chi connectivity index (χ0v) is 17.3. The maximum absolute atomic E-state index is 13.2. The number of hydrogen-bond acceptors (Lipinski definition) is 6. The van der Waals surface area contributed by atoms with Crippen molar-refractivity contribution >= 4 is 29.4 Å². The average Bonchev–Trinajstić information content (AvgIpc) is 3.34. The van der Waals surface area contributed by atoms with Crippen LogP contribution in [-0.2, 0) is 9.59 Å². The first-order valence-electron chi connectivity index (χ1n) is 10.5. The molecular weight excluding hydrogens is 396 g/mol. The molecule has 0 aliphatic carbocycles. The number of hydrogen-bond donors (Lipinski definition) is 1. The van der Waals surface area contributed by atoms with Gasteiger partial charge in [-0.15, -0.1) is 5.10 Å². The summed E-state index contributed by atoms with van der Waals surface area (Å²) in [5.74, 6) is -0.0240. The Hall–Kier alpha value is -3.49. The molecule has 160 valence electrons. The maximum atomic E-state index is 13.2. The van der Waals surface area contributed by atoms with Crippen LogP contribution in [0.3, 0.4) is 0 Å². The number of nitrogens with zero attached hydrogens (tertiary/aromatic N) is 5. The fraction of sp³-hybridized carbons (Fsp3) is 0.409. The van der Waals surface area contributed by atoms with E-state index in [1.807, 2.05) is 25.1 Å². The highest BCUT2D eigenvalue weighted by molar-refractivity contribution is 6.21. The molecule has 3 aliphatic heterocycles. The van der Waals surface area contributed by atoms with Gasteiger partial charge in [0.05, 0.1) is 11.4 Å². The number of benzene rings is 1. The van der Waals surface area contributed by atoms with Gasteiger partial charge in [0.15, 0.2) is 5.82 Å². The minimum Gasteiger partial charge on any atom is -0.354 e. The lowest BCUT2D eigenvalue weighted by molar-refractivity contribution is -0.140. The van der Waals surface area contributed by atoms with Crippen LogP contribution in [0.4, 0.5) is 16.3 Å². The Kier molecular flexibility index (Phi) is 4.80. The van der Waals surface area contributed by atoms with Crippen LogP contribution in [0.5, 0.6) is 0 Å². The lowest BCUT2D eigenvalue weighted by atomic mass is 10.0. The molecule has 1 aromatic carbocycles. The summed E-state index contributed by atoms with van der Waals surface area (Å²) in [5.41, 5.74) is 1.35. The van der Waals surface area contributed by atoms with E-state index in [9.17, 15) is 14.4 Å². The van der Waals surface area contributed by atoms with Crippen molar-refractivity contribution in [2.75, 3.05) is 42.5 Å². The Morgan fingerprint density at radius 3 is 2.32 bits per heavy atom. The first-order valence-corrected chi connectivity index (χ1v) is 10.5. The van der Waals surface area contributed by atoms with Gasteiger partial charge in [-0.3, -0.25) is 9.59 Å². The Labute approximate surface area is 180 Å². The third-order valence-corrected chi connectivity index (χ3v) is 6.40. The molecule has 0 radical (unpaired) electrons. The number of carbonyl (C=O) groups excluding carboxylic acids is 3. The quantitative estimate of drug-likeness (QED) is 0.746. The Bertz CT molecular complexity index is 998. The molecule has 3 atom stereocenters. The summed E-state index contributed by atoms with van der Waals surface area (Å²) in [7, 11) is 0. The minimum absolute atomic E-state index is 0.0384. The number of nitrogens with one attached hydrogen (secondary N) is 1. The van der Waals surface area contributed by atoms with Gasteiger partial charge in [0.25, 0.3) is 0 Å².